The molecule has 0 aliphatic rings. The van der Waals surface area contributed by atoms with Crippen LogP contribution < -0.4 is 16.4 Å². The Morgan fingerprint density at radius 3 is 2.30 bits per heavy atom. The molecular formula is C10H19N3O6S. The maximum atomic E-state index is 11.5. The average molecular weight is 309 g/mol. The van der Waals surface area contributed by atoms with Crippen molar-refractivity contribution >= 4 is 30.5 Å². The predicted octanol–water partition coefficient (Wildman–Crippen LogP) is -2.41. The number of rotatable bonds is 10. The van der Waals surface area contributed by atoms with Crippen LogP contribution in [0.5, 0.6) is 0 Å². The van der Waals surface area contributed by atoms with Gasteiger partial charge in [-0.2, -0.15) is 12.6 Å². The van der Waals surface area contributed by atoms with Crippen molar-refractivity contribution in [2.24, 2.45) is 5.73 Å². The third kappa shape index (κ3) is 7.94. The van der Waals surface area contributed by atoms with Gasteiger partial charge in [0.25, 0.3) is 0 Å². The molecule has 0 aliphatic heterocycles. The van der Waals surface area contributed by atoms with Gasteiger partial charge in [-0.1, -0.05) is 0 Å². The summed E-state index contributed by atoms with van der Waals surface area (Å²) in [6.45, 7) is -0.467. The van der Waals surface area contributed by atoms with E-state index in [1.165, 1.54) is 0 Å². The summed E-state index contributed by atoms with van der Waals surface area (Å²) in [7, 11) is 0. The maximum absolute atomic E-state index is 11.5. The Kier molecular flexibility index (Phi) is 8.88. The van der Waals surface area contributed by atoms with Gasteiger partial charge in [-0.25, -0.2) is 0 Å². The average Bonchev–Trinajstić information content (AvgIpc) is 2.38. The molecule has 0 spiro atoms. The second-order valence-corrected chi connectivity index (χ2v) is 4.42. The van der Waals surface area contributed by atoms with E-state index in [9.17, 15) is 19.5 Å². The summed E-state index contributed by atoms with van der Waals surface area (Å²) in [6, 6.07) is -1.93. The van der Waals surface area contributed by atoms with Gasteiger partial charge in [0.15, 0.2) is 0 Å². The van der Waals surface area contributed by atoms with Gasteiger partial charge in [0.05, 0.1) is 12.6 Å². The van der Waals surface area contributed by atoms with Crippen LogP contribution in [0.1, 0.15) is 12.8 Å². The van der Waals surface area contributed by atoms with Gasteiger partial charge in [-0.3, -0.25) is 19.7 Å². The Balaban J connectivity index is 4.17. The lowest BCUT2D eigenvalue weighted by Gasteiger charge is -2.23. The van der Waals surface area contributed by atoms with E-state index in [1.54, 1.807) is 0 Å². The fraction of sp³-hybridized carbons (Fsp3) is 0.700. The molecule has 0 heterocycles. The molecule has 9 nitrogen and oxygen atoms in total. The lowest BCUT2D eigenvalue weighted by molar-refractivity contribution is -0.139. The number of aliphatic hydroxyl groups excluding tert-OH is 1. The van der Waals surface area contributed by atoms with Crippen LogP contribution in [0.3, 0.4) is 0 Å². The smallest absolute Gasteiger partial charge is 0.320 e. The van der Waals surface area contributed by atoms with Gasteiger partial charge in [0.1, 0.15) is 12.3 Å². The van der Waals surface area contributed by atoms with E-state index in [-0.39, 0.29) is 18.6 Å². The number of amides is 1. The zero-order valence-electron chi connectivity index (χ0n) is 10.7. The minimum atomic E-state index is -1.28. The van der Waals surface area contributed by atoms with Crippen molar-refractivity contribution in [3.8, 4) is 0 Å². The minimum Gasteiger partial charge on any atom is -0.480 e. The highest BCUT2D eigenvalue weighted by Gasteiger charge is 2.21. The fourth-order valence-electron chi connectivity index (χ4n) is 1.25. The predicted molar refractivity (Wildman–Crippen MR) is 72.3 cm³/mol. The summed E-state index contributed by atoms with van der Waals surface area (Å²) in [5, 5.41) is 31.3. The van der Waals surface area contributed by atoms with Crippen LogP contribution in [-0.2, 0) is 14.4 Å². The third-order valence-corrected chi connectivity index (χ3v) is 2.78. The highest BCUT2D eigenvalue weighted by atomic mass is 32.1. The molecule has 3 atom stereocenters. The van der Waals surface area contributed by atoms with Crippen molar-refractivity contribution in [1.82, 2.24) is 10.6 Å². The zero-order valence-corrected chi connectivity index (χ0v) is 11.5. The van der Waals surface area contributed by atoms with Crippen LogP contribution in [0, 0.1) is 0 Å². The summed E-state index contributed by atoms with van der Waals surface area (Å²) < 4.78 is 0. The summed E-state index contributed by atoms with van der Waals surface area (Å²) in [6.07, 6.45) is -1.44. The number of nitrogens with one attached hydrogen (secondary N) is 2. The largest absolute Gasteiger partial charge is 0.480 e. The van der Waals surface area contributed by atoms with Crippen molar-refractivity contribution in [3.05, 3.63) is 0 Å². The van der Waals surface area contributed by atoms with Gasteiger partial charge in [0.2, 0.25) is 5.91 Å². The molecule has 0 saturated heterocycles. The van der Waals surface area contributed by atoms with Crippen LogP contribution >= 0.6 is 12.6 Å². The van der Waals surface area contributed by atoms with Crippen LogP contribution in [0.2, 0.25) is 0 Å². The van der Waals surface area contributed by atoms with E-state index < -0.39 is 42.7 Å². The molecule has 0 aromatic heterocycles. The van der Waals surface area contributed by atoms with Crippen molar-refractivity contribution in [2.45, 2.75) is 31.2 Å². The van der Waals surface area contributed by atoms with Gasteiger partial charge in [-0.15, -0.1) is 0 Å². The Morgan fingerprint density at radius 1 is 1.25 bits per heavy atom. The lowest BCUT2D eigenvalue weighted by atomic mass is 10.1. The Hall–Kier alpha value is -1.36. The molecule has 0 fully saturated rings. The van der Waals surface area contributed by atoms with Crippen LogP contribution in [-0.4, -0.2) is 63.8 Å². The molecule has 0 aromatic rings. The second kappa shape index (κ2) is 9.53. The molecule has 20 heavy (non-hydrogen) atoms. The highest BCUT2D eigenvalue weighted by Crippen LogP contribution is 1.99. The molecule has 0 rings (SSSR count). The summed E-state index contributed by atoms with van der Waals surface area (Å²) in [5.74, 6) is -2.78. The standard InChI is InChI=1S/C10H19N3O6S/c11-5(10(18)19)1-2-7(14)13-6(4-20)9(17)12-3-8(15)16/h5-6,9,12,17,20H,1-4,11H2,(H,13,14)(H,15,16)(H,18,19). The number of carbonyl (C=O) groups is 3. The first-order valence-corrected chi connectivity index (χ1v) is 6.43. The Bertz CT molecular complexity index is 354. The van der Waals surface area contributed by atoms with Gasteiger partial charge in [-0.05, 0) is 6.42 Å². The van der Waals surface area contributed by atoms with Crippen LogP contribution in [0.25, 0.3) is 0 Å². The summed E-state index contributed by atoms with van der Waals surface area (Å²) in [5.41, 5.74) is 5.25. The molecule has 0 bridgehead atoms. The molecule has 0 radical (unpaired) electrons. The molecule has 116 valence electrons. The van der Waals surface area contributed by atoms with E-state index in [1.807, 2.05) is 0 Å². The number of carboxylic acids is 2. The highest BCUT2D eigenvalue weighted by molar-refractivity contribution is 7.80. The van der Waals surface area contributed by atoms with E-state index in [2.05, 4.69) is 23.3 Å². The fourth-order valence-corrected chi connectivity index (χ4v) is 1.54. The normalized spacial score (nSPS) is 15.2. The molecule has 1 amide bonds. The first kappa shape index (κ1) is 18.6. The SMILES string of the molecule is NC(CCC(=O)NC(CS)C(O)NCC(=O)O)C(=O)O. The molecular weight excluding hydrogens is 290 g/mol. The number of nitrogens with two attached hydrogens (primary N) is 1. The number of hydrogen-bond acceptors (Lipinski definition) is 7. The van der Waals surface area contributed by atoms with E-state index in [4.69, 9.17) is 15.9 Å². The van der Waals surface area contributed by atoms with Gasteiger partial charge in [0, 0.05) is 12.2 Å². The van der Waals surface area contributed by atoms with Crippen molar-refractivity contribution in [2.75, 3.05) is 12.3 Å². The van der Waals surface area contributed by atoms with Crippen molar-refractivity contribution < 1.29 is 29.7 Å². The number of thiol groups is 1. The van der Waals surface area contributed by atoms with E-state index in [0.717, 1.165) is 0 Å². The van der Waals surface area contributed by atoms with Crippen molar-refractivity contribution in [1.29, 1.82) is 0 Å². The zero-order chi connectivity index (χ0) is 15.7. The monoisotopic (exact) mass is 309 g/mol. The minimum absolute atomic E-state index is 0.0426. The van der Waals surface area contributed by atoms with Gasteiger partial charge < -0.3 is 26.4 Å². The first-order valence-electron chi connectivity index (χ1n) is 5.79. The summed E-state index contributed by atoms with van der Waals surface area (Å²) in [4.78, 5) is 32.3. The number of aliphatic carboxylic acids is 2. The molecule has 7 N–H and O–H groups in total. The number of hydrogen-bond donors (Lipinski definition) is 7. The van der Waals surface area contributed by atoms with Crippen LogP contribution in [0.4, 0.5) is 0 Å². The van der Waals surface area contributed by atoms with Crippen LogP contribution in [0.15, 0.2) is 0 Å². The lowest BCUT2D eigenvalue weighted by Crippen LogP contribution is -2.52. The molecule has 10 heteroatoms. The number of carbonyl (C=O) groups excluding carboxylic acids is 1. The van der Waals surface area contributed by atoms with Gasteiger partial charge >= 0.3 is 11.9 Å². The molecule has 0 saturated carbocycles. The van der Waals surface area contributed by atoms with E-state index in [0.29, 0.717) is 0 Å². The quantitative estimate of drug-likeness (QED) is 0.173. The molecule has 0 aliphatic carbocycles. The topological polar surface area (TPSA) is 162 Å². The number of carboxylic acid groups (broad SMARTS) is 2. The summed E-state index contributed by atoms with van der Waals surface area (Å²) >= 11 is 3.93. The molecule has 0 aromatic carbocycles. The Labute approximate surface area is 120 Å². The Morgan fingerprint density at radius 2 is 1.85 bits per heavy atom. The van der Waals surface area contributed by atoms with E-state index >= 15 is 0 Å². The van der Waals surface area contributed by atoms with Crippen molar-refractivity contribution in [3.63, 3.8) is 0 Å². The molecule has 3 unspecified atom stereocenters. The maximum Gasteiger partial charge on any atom is 0.320 e. The number of aliphatic hydroxyl groups is 1. The first-order chi connectivity index (χ1) is 9.27. The second-order valence-electron chi connectivity index (χ2n) is 4.06. The third-order valence-electron chi connectivity index (χ3n) is 2.39.